The van der Waals surface area contributed by atoms with Gasteiger partial charge >= 0.3 is 0 Å². The molecule has 2 aromatic rings. The minimum atomic E-state index is -0.811. The normalized spacial score (nSPS) is 12.7. The second kappa shape index (κ2) is 4.63. The Hall–Kier alpha value is -1.39. The molecule has 0 aliphatic rings. The number of rotatable bonds is 3. The predicted octanol–water partition coefficient (Wildman–Crippen LogP) is 2.48. The molecule has 3 nitrogen and oxygen atoms in total. The molecule has 0 saturated carbocycles. The van der Waals surface area contributed by atoms with E-state index in [4.69, 9.17) is 11.6 Å². The van der Waals surface area contributed by atoms with Gasteiger partial charge in [-0.3, -0.25) is 0 Å². The van der Waals surface area contributed by atoms with Crippen LogP contribution in [0, 0.1) is 5.82 Å². The van der Waals surface area contributed by atoms with Crippen LogP contribution in [-0.4, -0.2) is 15.1 Å². The number of halogens is 2. The monoisotopic (exact) mass is 240 g/mol. The number of aromatic nitrogens is 2. The smallest absolute Gasteiger partial charge is 0.135 e. The van der Waals surface area contributed by atoms with Crippen LogP contribution in [0.15, 0.2) is 30.6 Å². The summed E-state index contributed by atoms with van der Waals surface area (Å²) in [5.74, 6) is 0.0753. The molecule has 84 valence electrons. The molecule has 0 bridgehead atoms. The summed E-state index contributed by atoms with van der Waals surface area (Å²) >= 11 is 5.89. The Bertz CT molecular complexity index is 473. The van der Waals surface area contributed by atoms with E-state index in [2.05, 4.69) is 9.97 Å². The third kappa shape index (κ3) is 2.40. The first-order chi connectivity index (χ1) is 7.66. The lowest BCUT2D eigenvalue weighted by Gasteiger charge is -2.09. The summed E-state index contributed by atoms with van der Waals surface area (Å²) in [6.45, 7) is 0. The van der Waals surface area contributed by atoms with Gasteiger partial charge in [0.15, 0.2) is 0 Å². The van der Waals surface area contributed by atoms with E-state index in [1.807, 2.05) is 0 Å². The molecule has 0 saturated heterocycles. The number of H-pyrrole nitrogens is 1. The van der Waals surface area contributed by atoms with Gasteiger partial charge in [0.25, 0.3) is 0 Å². The Balaban J connectivity index is 2.17. The van der Waals surface area contributed by atoms with Gasteiger partial charge in [-0.2, -0.15) is 0 Å². The van der Waals surface area contributed by atoms with Crippen molar-refractivity contribution in [2.45, 2.75) is 12.5 Å². The van der Waals surface area contributed by atoms with E-state index in [9.17, 15) is 9.50 Å². The van der Waals surface area contributed by atoms with Crippen LogP contribution in [0.5, 0.6) is 0 Å². The van der Waals surface area contributed by atoms with Crippen molar-refractivity contribution in [3.63, 3.8) is 0 Å². The number of hydrogen-bond acceptors (Lipinski definition) is 2. The van der Waals surface area contributed by atoms with Crippen LogP contribution in [0.2, 0.25) is 5.02 Å². The number of imidazole rings is 1. The first-order valence-electron chi connectivity index (χ1n) is 4.78. The van der Waals surface area contributed by atoms with Gasteiger partial charge in [-0.15, -0.1) is 0 Å². The van der Waals surface area contributed by atoms with Crippen molar-refractivity contribution in [2.24, 2.45) is 0 Å². The minimum absolute atomic E-state index is 0.226. The molecule has 1 aromatic carbocycles. The zero-order valence-corrected chi connectivity index (χ0v) is 9.08. The molecule has 0 fully saturated rings. The van der Waals surface area contributed by atoms with Crippen molar-refractivity contribution in [1.29, 1.82) is 0 Å². The molecule has 5 heteroatoms. The van der Waals surface area contributed by atoms with Crippen LogP contribution in [0.25, 0.3) is 0 Å². The predicted molar refractivity (Wildman–Crippen MR) is 58.7 cm³/mol. The second-order valence-corrected chi connectivity index (χ2v) is 3.84. The van der Waals surface area contributed by atoms with E-state index in [1.54, 1.807) is 12.4 Å². The van der Waals surface area contributed by atoms with Gasteiger partial charge in [-0.25, -0.2) is 9.37 Å². The number of aliphatic hydroxyl groups is 1. The topological polar surface area (TPSA) is 48.9 Å². The number of nitrogens with zero attached hydrogens (tertiary/aromatic N) is 1. The summed E-state index contributed by atoms with van der Waals surface area (Å²) in [6, 6.07) is 4.07. The Kier molecular flexibility index (Phi) is 3.22. The van der Waals surface area contributed by atoms with Crippen molar-refractivity contribution >= 4 is 11.6 Å². The minimum Gasteiger partial charge on any atom is -0.385 e. The lowest BCUT2D eigenvalue weighted by atomic mass is 10.1. The molecule has 1 heterocycles. The molecule has 16 heavy (non-hydrogen) atoms. The summed E-state index contributed by atoms with van der Waals surface area (Å²) in [5, 5.41) is 10.2. The highest BCUT2D eigenvalue weighted by atomic mass is 35.5. The number of nitrogens with one attached hydrogen (secondary N) is 1. The Morgan fingerprint density at radius 3 is 3.00 bits per heavy atom. The zero-order chi connectivity index (χ0) is 11.5. The lowest BCUT2D eigenvalue weighted by Crippen LogP contribution is -2.04. The zero-order valence-electron chi connectivity index (χ0n) is 8.32. The number of hydrogen-bond donors (Lipinski definition) is 2. The van der Waals surface area contributed by atoms with E-state index < -0.39 is 6.10 Å². The molecule has 0 amide bonds. The van der Waals surface area contributed by atoms with Gasteiger partial charge < -0.3 is 10.1 Å². The fourth-order valence-corrected chi connectivity index (χ4v) is 1.66. The summed E-state index contributed by atoms with van der Waals surface area (Å²) < 4.78 is 13.0. The highest BCUT2D eigenvalue weighted by Crippen LogP contribution is 2.22. The second-order valence-electron chi connectivity index (χ2n) is 3.43. The van der Waals surface area contributed by atoms with Crippen molar-refractivity contribution in [3.05, 3.63) is 52.8 Å². The highest BCUT2D eigenvalue weighted by molar-refractivity contribution is 6.31. The fourth-order valence-electron chi connectivity index (χ4n) is 1.46. The van der Waals surface area contributed by atoms with E-state index >= 15 is 0 Å². The van der Waals surface area contributed by atoms with Crippen LogP contribution in [0.3, 0.4) is 0 Å². The maximum Gasteiger partial charge on any atom is 0.135 e. The summed E-state index contributed by atoms with van der Waals surface area (Å²) in [5.41, 5.74) is 0.561. The standard InChI is InChI=1S/C11H10ClFN2O/c12-9-2-1-8(13)5-7(9)6-10(16)11-14-3-4-15-11/h1-5,10,16H,6H2,(H,14,15). The van der Waals surface area contributed by atoms with Crippen LogP contribution < -0.4 is 0 Å². The van der Waals surface area contributed by atoms with Gasteiger partial charge in [0.2, 0.25) is 0 Å². The Labute approximate surface area is 96.9 Å². The molecule has 1 aromatic heterocycles. The number of aromatic amines is 1. The van der Waals surface area contributed by atoms with Crippen molar-refractivity contribution in [3.8, 4) is 0 Å². The number of aliphatic hydroxyl groups excluding tert-OH is 1. The van der Waals surface area contributed by atoms with Gasteiger partial charge in [-0.1, -0.05) is 11.6 Å². The molecule has 0 aliphatic carbocycles. The molecule has 2 rings (SSSR count). The van der Waals surface area contributed by atoms with Gasteiger partial charge in [-0.05, 0) is 23.8 Å². The molecular weight excluding hydrogens is 231 g/mol. The molecule has 1 atom stereocenters. The molecule has 2 N–H and O–H groups in total. The Morgan fingerprint density at radius 1 is 1.50 bits per heavy atom. The lowest BCUT2D eigenvalue weighted by molar-refractivity contribution is 0.169. The van der Waals surface area contributed by atoms with Crippen molar-refractivity contribution in [1.82, 2.24) is 9.97 Å². The fraction of sp³-hybridized carbons (Fsp3) is 0.182. The van der Waals surface area contributed by atoms with E-state index in [0.29, 0.717) is 16.4 Å². The third-order valence-electron chi connectivity index (χ3n) is 2.26. The molecule has 0 aliphatic heterocycles. The molecular formula is C11H10ClFN2O. The van der Waals surface area contributed by atoms with Crippen LogP contribution in [0.1, 0.15) is 17.5 Å². The van der Waals surface area contributed by atoms with E-state index in [-0.39, 0.29) is 12.2 Å². The van der Waals surface area contributed by atoms with E-state index in [1.165, 1.54) is 18.2 Å². The average molecular weight is 241 g/mol. The van der Waals surface area contributed by atoms with Crippen molar-refractivity contribution in [2.75, 3.05) is 0 Å². The van der Waals surface area contributed by atoms with E-state index in [0.717, 1.165) is 0 Å². The summed E-state index contributed by atoms with van der Waals surface area (Å²) in [7, 11) is 0. The molecule has 0 radical (unpaired) electrons. The van der Waals surface area contributed by atoms with Crippen molar-refractivity contribution < 1.29 is 9.50 Å². The molecule has 1 unspecified atom stereocenters. The van der Waals surface area contributed by atoms with Gasteiger partial charge in [0.1, 0.15) is 17.7 Å². The summed E-state index contributed by atoms with van der Waals surface area (Å²) in [4.78, 5) is 6.72. The van der Waals surface area contributed by atoms with Gasteiger partial charge in [0, 0.05) is 23.8 Å². The maximum absolute atomic E-state index is 13.0. The average Bonchev–Trinajstić information content (AvgIpc) is 2.76. The SMILES string of the molecule is OC(Cc1cc(F)ccc1Cl)c1ncc[nH]1. The largest absolute Gasteiger partial charge is 0.385 e. The first-order valence-corrected chi connectivity index (χ1v) is 5.16. The number of benzene rings is 1. The van der Waals surface area contributed by atoms with Crippen LogP contribution in [-0.2, 0) is 6.42 Å². The highest BCUT2D eigenvalue weighted by Gasteiger charge is 2.13. The maximum atomic E-state index is 13.0. The Morgan fingerprint density at radius 2 is 2.31 bits per heavy atom. The van der Waals surface area contributed by atoms with Crippen LogP contribution in [0.4, 0.5) is 4.39 Å². The molecule has 0 spiro atoms. The third-order valence-corrected chi connectivity index (χ3v) is 2.62. The van der Waals surface area contributed by atoms with Gasteiger partial charge in [0.05, 0.1) is 0 Å². The summed E-state index contributed by atoms with van der Waals surface area (Å²) in [6.07, 6.45) is 2.58. The first kappa shape index (κ1) is 11.1. The van der Waals surface area contributed by atoms with Crippen LogP contribution >= 0.6 is 11.6 Å². The quantitative estimate of drug-likeness (QED) is 0.866.